The fraction of sp³-hybridized carbons (Fsp3) is 0.227. The molecule has 1 N–H and O–H groups in total. The molecule has 0 saturated carbocycles. The van der Waals surface area contributed by atoms with Gasteiger partial charge in [-0.25, -0.2) is 10.2 Å². The summed E-state index contributed by atoms with van der Waals surface area (Å²) in [6, 6.07) is 9.95. The third-order valence-electron chi connectivity index (χ3n) is 4.06. The van der Waals surface area contributed by atoms with Crippen LogP contribution in [0.4, 0.5) is 0 Å². The maximum atomic E-state index is 12.3. The Labute approximate surface area is 194 Å². The van der Waals surface area contributed by atoms with Crippen LogP contribution >= 0.6 is 23.2 Å². The van der Waals surface area contributed by atoms with Crippen LogP contribution in [0, 0.1) is 0 Å². The lowest BCUT2D eigenvalue weighted by Crippen LogP contribution is -2.16. The summed E-state index contributed by atoms with van der Waals surface area (Å²) in [5, 5.41) is 5.00. The van der Waals surface area contributed by atoms with Gasteiger partial charge in [0.25, 0.3) is 0 Å². The molecule has 1 amide bonds. The van der Waals surface area contributed by atoms with Crippen molar-refractivity contribution in [3.05, 3.63) is 57.8 Å². The lowest BCUT2D eigenvalue weighted by molar-refractivity contribution is -0.145. The lowest BCUT2D eigenvalue weighted by atomic mass is 10.2. The van der Waals surface area contributed by atoms with Crippen molar-refractivity contribution in [3.63, 3.8) is 0 Å². The molecule has 0 fully saturated rings. The van der Waals surface area contributed by atoms with Crippen molar-refractivity contribution in [1.29, 1.82) is 0 Å². The van der Waals surface area contributed by atoms with Gasteiger partial charge in [0.05, 0.1) is 29.5 Å². The normalized spacial score (nSPS) is 11.0. The smallest absolute Gasteiger partial charge is 0.344 e. The fourth-order valence-electron chi connectivity index (χ4n) is 2.74. The first kappa shape index (κ1) is 23.4. The molecule has 0 radical (unpaired) electrons. The van der Waals surface area contributed by atoms with Crippen molar-refractivity contribution in [3.8, 4) is 11.5 Å². The summed E-state index contributed by atoms with van der Waals surface area (Å²) >= 11 is 12.4. The number of carbonyl (C=O) groups is 2. The maximum Gasteiger partial charge on any atom is 0.344 e. The van der Waals surface area contributed by atoms with Crippen molar-refractivity contribution in [2.45, 2.75) is 13.8 Å². The molecule has 0 bridgehead atoms. The van der Waals surface area contributed by atoms with Crippen molar-refractivity contribution in [1.82, 2.24) is 5.43 Å². The Morgan fingerprint density at radius 1 is 1.06 bits per heavy atom. The molecule has 0 spiro atoms. The van der Waals surface area contributed by atoms with E-state index in [9.17, 15) is 9.59 Å². The van der Waals surface area contributed by atoms with E-state index in [1.165, 1.54) is 18.3 Å². The lowest BCUT2D eigenvalue weighted by Gasteiger charge is -2.10. The third-order valence-corrected chi connectivity index (χ3v) is 4.62. The number of halogens is 2. The van der Waals surface area contributed by atoms with Crippen LogP contribution in [0.1, 0.15) is 30.0 Å². The molecule has 168 valence electrons. The van der Waals surface area contributed by atoms with Gasteiger partial charge in [0.15, 0.2) is 18.1 Å². The molecule has 1 aromatic heterocycles. The Morgan fingerprint density at radius 3 is 2.50 bits per heavy atom. The Bertz CT molecular complexity index is 1140. The molecule has 0 atom stereocenters. The number of hydrogen-bond acceptors (Lipinski definition) is 7. The largest absolute Gasteiger partial charge is 0.494 e. The number of furan rings is 1. The SMILES string of the molecule is CCOC(=O)COc1c(Cl)cc(/C=N/NC(=O)c2cc3cc(OCC)ccc3o2)cc1Cl. The molecule has 0 saturated heterocycles. The molecule has 0 unspecified atom stereocenters. The summed E-state index contributed by atoms with van der Waals surface area (Å²) < 4.78 is 21.1. The van der Waals surface area contributed by atoms with Crippen molar-refractivity contribution >= 4 is 52.3 Å². The van der Waals surface area contributed by atoms with E-state index in [1.807, 2.05) is 6.92 Å². The predicted molar refractivity (Wildman–Crippen MR) is 121 cm³/mol. The highest BCUT2D eigenvalue weighted by Crippen LogP contribution is 2.34. The molecular weight excluding hydrogens is 459 g/mol. The number of esters is 1. The second-order valence-electron chi connectivity index (χ2n) is 6.35. The minimum absolute atomic E-state index is 0.101. The molecule has 0 aliphatic rings. The summed E-state index contributed by atoms with van der Waals surface area (Å²) in [6.07, 6.45) is 1.36. The van der Waals surface area contributed by atoms with Gasteiger partial charge >= 0.3 is 11.9 Å². The van der Waals surface area contributed by atoms with E-state index in [1.54, 1.807) is 31.2 Å². The van der Waals surface area contributed by atoms with Crippen LogP contribution in [0.5, 0.6) is 11.5 Å². The molecule has 10 heteroatoms. The van der Waals surface area contributed by atoms with E-state index in [0.717, 1.165) is 5.39 Å². The third kappa shape index (κ3) is 5.93. The Hall–Kier alpha value is -3.23. The Balaban J connectivity index is 1.64. The van der Waals surface area contributed by atoms with Crippen molar-refractivity contribution < 1.29 is 28.2 Å². The van der Waals surface area contributed by atoms with Crippen molar-refractivity contribution in [2.24, 2.45) is 5.10 Å². The van der Waals surface area contributed by atoms with Crippen LogP contribution < -0.4 is 14.9 Å². The number of rotatable bonds is 9. The molecular formula is C22H20Cl2N2O6. The molecule has 0 aliphatic carbocycles. The highest BCUT2D eigenvalue weighted by atomic mass is 35.5. The average Bonchev–Trinajstić information content (AvgIpc) is 3.17. The van der Waals surface area contributed by atoms with E-state index in [2.05, 4.69) is 10.5 Å². The number of nitrogens with one attached hydrogen (secondary N) is 1. The molecule has 3 rings (SSSR count). The first-order valence-electron chi connectivity index (χ1n) is 9.68. The molecule has 3 aromatic rings. The number of fused-ring (bicyclic) bond motifs is 1. The second-order valence-corrected chi connectivity index (χ2v) is 7.16. The summed E-state index contributed by atoms with van der Waals surface area (Å²) in [5.41, 5.74) is 3.45. The zero-order valence-electron chi connectivity index (χ0n) is 17.3. The monoisotopic (exact) mass is 478 g/mol. The number of carbonyl (C=O) groups excluding carboxylic acids is 2. The Kier molecular flexibility index (Phi) is 7.97. The average molecular weight is 479 g/mol. The van der Waals surface area contributed by atoms with Gasteiger partial charge in [0.2, 0.25) is 0 Å². The zero-order valence-corrected chi connectivity index (χ0v) is 18.8. The number of nitrogens with zero attached hydrogens (tertiary/aromatic N) is 1. The van der Waals surface area contributed by atoms with Crippen LogP contribution in [0.2, 0.25) is 10.0 Å². The van der Waals surface area contributed by atoms with E-state index >= 15 is 0 Å². The molecule has 0 aliphatic heterocycles. The van der Waals surface area contributed by atoms with Crippen LogP contribution in [-0.4, -0.2) is 37.9 Å². The number of hydrazone groups is 1. The minimum Gasteiger partial charge on any atom is -0.494 e. The second kappa shape index (κ2) is 10.9. The van der Waals surface area contributed by atoms with E-state index in [0.29, 0.717) is 23.5 Å². The number of ether oxygens (including phenoxy) is 3. The number of amides is 1. The van der Waals surface area contributed by atoms with E-state index < -0.39 is 11.9 Å². The molecule has 8 nitrogen and oxygen atoms in total. The quantitative estimate of drug-likeness (QED) is 0.268. The standard InChI is InChI=1S/C22H20Cl2N2O6/c1-3-29-15-5-6-18-14(9-15)10-19(32-18)22(28)26-25-11-13-7-16(23)21(17(24)8-13)31-12-20(27)30-4-2/h5-11H,3-4,12H2,1-2H3,(H,26,28)/b25-11+. The van der Waals surface area contributed by atoms with Gasteiger partial charge in [-0.15, -0.1) is 0 Å². The summed E-state index contributed by atoms with van der Waals surface area (Å²) in [6.45, 7) is 4.05. The van der Waals surface area contributed by atoms with Gasteiger partial charge in [-0.1, -0.05) is 23.2 Å². The minimum atomic E-state index is -0.535. The summed E-state index contributed by atoms with van der Waals surface area (Å²) in [7, 11) is 0. The van der Waals surface area contributed by atoms with Crippen LogP contribution in [0.15, 0.2) is 45.9 Å². The number of benzene rings is 2. The summed E-state index contributed by atoms with van der Waals surface area (Å²) in [4.78, 5) is 23.8. The van der Waals surface area contributed by atoms with Gasteiger partial charge in [0, 0.05) is 5.39 Å². The van der Waals surface area contributed by atoms with Gasteiger partial charge in [-0.2, -0.15) is 5.10 Å². The molecule has 1 heterocycles. The van der Waals surface area contributed by atoms with Gasteiger partial charge in [-0.05, 0) is 55.8 Å². The van der Waals surface area contributed by atoms with Gasteiger partial charge < -0.3 is 18.6 Å². The van der Waals surface area contributed by atoms with E-state index in [-0.39, 0.29) is 34.8 Å². The first-order valence-corrected chi connectivity index (χ1v) is 10.4. The van der Waals surface area contributed by atoms with Gasteiger partial charge in [-0.3, -0.25) is 4.79 Å². The number of hydrogen-bond donors (Lipinski definition) is 1. The van der Waals surface area contributed by atoms with Crippen LogP contribution in [0.25, 0.3) is 11.0 Å². The highest BCUT2D eigenvalue weighted by molar-refractivity contribution is 6.37. The molecule has 2 aromatic carbocycles. The zero-order chi connectivity index (χ0) is 23.1. The van der Waals surface area contributed by atoms with Crippen LogP contribution in [0.3, 0.4) is 0 Å². The maximum absolute atomic E-state index is 12.3. The van der Waals surface area contributed by atoms with Crippen molar-refractivity contribution in [2.75, 3.05) is 19.8 Å². The first-order chi connectivity index (χ1) is 15.4. The van der Waals surface area contributed by atoms with Gasteiger partial charge in [0.1, 0.15) is 11.3 Å². The Morgan fingerprint density at radius 2 is 1.81 bits per heavy atom. The summed E-state index contributed by atoms with van der Waals surface area (Å²) in [5.74, 6) is -0.121. The van der Waals surface area contributed by atoms with Crippen LogP contribution in [-0.2, 0) is 9.53 Å². The molecule has 32 heavy (non-hydrogen) atoms. The fourth-order valence-corrected chi connectivity index (χ4v) is 3.35. The van der Waals surface area contributed by atoms with E-state index in [4.69, 9.17) is 41.8 Å². The highest BCUT2D eigenvalue weighted by Gasteiger charge is 2.14. The predicted octanol–water partition coefficient (Wildman–Crippen LogP) is 4.84. The topological polar surface area (TPSA) is 99.4 Å².